The van der Waals surface area contributed by atoms with Gasteiger partial charge in [0.1, 0.15) is 5.82 Å². The van der Waals surface area contributed by atoms with Gasteiger partial charge in [-0.05, 0) is 93.1 Å². The lowest BCUT2D eigenvalue weighted by atomic mass is 9.77. The second kappa shape index (κ2) is 12.0. The lowest BCUT2D eigenvalue weighted by Gasteiger charge is -2.42. The number of benzene rings is 2. The highest BCUT2D eigenvalue weighted by atomic mass is 19.1. The number of rotatable bonds is 8. The van der Waals surface area contributed by atoms with Crippen LogP contribution in [0.2, 0.25) is 0 Å². The van der Waals surface area contributed by atoms with Crippen molar-refractivity contribution in [2.24, 2.45) is 0 Å². The molecule has 2 N–H and O–H groups in total. The minimum Gasteiger partial charge on any atom is -0.361 e. The first kappa shape index (κ1) is 26.9. The Labute approximate surface area is 229 Å². The van der Waals surface area contributed by atoms with Crippen LogP contribution in [-0.2, 0) is 13.0 Å². The second-order valence-corrected chi connectivity index (χ2v) is 10.8. The molecule has 0 saturated carbocycles. The van der Waals surface area contributed by atoms with Crippen LogP contribution in [0.15, 0.2) is 73.2 Å². The molecule has 5 aromatic rings. The lowest BCUT2D eigenvalue weighted by Crippen LogP contribution is -2.45. The fourth-order valence-electron chi connectivity index (χ4n) is 5.80. The number of H-pyrrole nitrogens is 2. The Balaban J connectivity index is 0.000000287. The summed E-state index contributed by atoms with van der Waals surface area (Å²) in [5.74, 6) is -0.195. The number of fused-ring (bicyclic) bond motifs is 2. The van der Waals surface area contributed by atoms with Gasteiger partial charge in [0.25, 0.3) is 0 Å². The van der Waals surface area contributed by atoms with Gasteiger partial charge in [-0.25, -0.2) is 4.39 Å². The number of nitrogens with one attached hydrogen (secondary N) is 2. The van der Waals surface area contributed by atoms with Gasteiger partial charge < -0.3 is 14.9 Å². The largest absolute Gasteiger partial charge is 0.361 e. The van der Waals surface area contributed by atoms with Crippen LogP contribution >= 0.6 is 0 Å². The predicted molar refractivity (Wildman–Crippen MR) is 158 cm³/mol. The van der Waals surface area contributed by atoms with Gasteiger partial charge in [-0.1, -0.05) is 49.3 Å². The maximum Gasteiger partial charge on any atom is 0.123 e. The third-order valence-electron chi connectivity index (χ3n) is 8.25. The van der Waals surface area contributed by atoms with Crippen molar-refractivity contribution in [2.45, 2.75) is 64.0 Å². The Morgan fingerprint density at radius 3 is 2.69 bits per heavy atom. The van der Waals surface area contributed by atoms with E-state index in [1.165, 1.54) is 53.1 Å². The molecule has 204 valence electrons. The summed E-state index contributed by atoms with van der Waals surface area (Å²) in [5, 5.41) is 10.2. The first-order valence-electron chi connectivity index (χ1n) is 14.0. The van der Waals surface area contributed by atoms with Crippen molar-refractivity contribution >= 4 is 27.4 Å². The molecule has 6 nitrogen and oxygen atoms in total. The number of aryl methyl sites for hydroxylation is 2. The van der Waals surface area contributed by atoms with Crippen LogP contribution in [0.25, 0.3) is 27.4 Å². The summed E-state index contributed by atoms with van der Waals surface area (Å²) in [6, 6.07) is 15.3. The number of nitrogens with zero attached hydrogens (tertiary/aromatic N) is 4. The van der Waals surface area contributed by atoms with Crippen molar-refractivity contribution in [3.8, 4) is 0 Å². The van der Waals surface area contributed by atoms with Crippen LogP contribution in [0.4, 0.5) is 4.39 Å². The molecule has 0 bridgehead atoms. The lowest BCUT2D eigenvalue weighted by molar-refractivity contribution is 0.124. The van der Waals surface area contributed by atoms with E-state index in [4.69, 9.17) is 0 Å². The van der Waals surface area contributed by atoms with Crippen LogP contribution < -0.4 is 0 Å². The summed E-state index contributed by atoms with van der Waals surface area (Å²) in [5.41, 5.74) is 6.15. The molecule has 7 heteroatoms. The van der Waals surface area contributed by atoms with Crippen molar-refractivity contribution in [1.82, 2.24) is 29.9 Å². The van der Waals surface area contributed by atoms with E-state index in [1.807, 2.05) is 35.3 Å². The average Bonchev–Trinajstić information content (AvgIpc) is 3.71. The summed E-state index contributed by atoms with van der Waals surface area (Å²) in [4.78, 5) is 9.14. The van der Waals surface area contributed by atoms with Crippen LogP contribution in [0.1, 0.15) is 56.7 Å². The molecule has 1 aliphatic carbocycles. The van der Waals surface area contributed by atoms with E-state index in [0.717, 1.165) is 43.1 Å². The van der Waals surface area contributed by atoms with E-state index in [1.54, 1.807) is 12.3 Å². The summed E-state index contributed by atoms with van der Waals surface area (Å²) in [7, 11) is 4.42. The summed E-state index contributed by atoms with van der Waals surface area (Å²) in [6.07, 6.45) is 15.7. The van der Waals surface area contributed by atoms with E-state index in [9.17, 15) is 4.39 Å². The first-order valence-corrected chi connectivity index (χ1v) is 14.0. The van der Waals surface area contributed by atoms with Gasteiger partial charge in [-0.3, -0.25) is 4.68 Å². The first-order chi connectivity index (χ1) is 19.0. The molecule has 0 radical (unpaired) electrons. The molecule has 0 spiro atoms. The number of para-hydroxylation sites is 1. The molecule has 2 aromatic carbocycles. The molecule has 3 aromatic heterocycles. The quantitative estimate of drug-likeness (QED) is 0.222. The summed E-state index contributed by atoms with van der Waals surface area (Å²) in [6.45, 7) is 2.99. The molecule has 0 saturated heterocycles. The fourth-order valence-corrected chi connectivity index (χ4v) is 5.80. The normalized spacial score (nSPS) is 17.4. The molecule has 0 fully saturated rings. The minimum absolute atomic E-state index is 0.195. The van der Waals surface area contributed by atoms with Crippen molar-refractivity contribution in [1.29, 1.82) is 0 Å². The van der Waals surface area contributed by atoms with Crippen LogP contribution in [-0.4, -0.2) is 49.5 Å². The SMILES string of the molecule is CCCCC1(N(C)C)CC=C(c2[nH]c3ccc(F)cc3c2CCn2ccnn2)CC1.c1ccc2[nH]ccc2c1. The highest BCUT2D eigenvalue weighted by molar-refractivity contribution is 5.89. The highest BCUT2D eigenvalue weighted by Gasteiger charge is 2.34. The third-order valence-corrected chi connectivity index (χ3v) is 8.25. The molecular weight excluding hydrogens is 487 g/mol. The van der Waals surface area contributed by atoms with Gasteiger partial charge in [0, 0.05) is 46.6 Å². The van der Waals surface area contributed by atoms with Crippen LogP contribution in [0.5, 0.6) is 0 Å². The number of unbranched alkanes of at least 4 members (excludes halogenated alkanes) is 1. The Bertz CT molecular complexity index is 1500. The average molecular weight is 527 g/mol. The van der Waals surface area contributed by atoms with Crippen molar-refractivity contribution in [2.75, 3.05) is 14.1 Å². The van der Waals surface area contributed by atoms with Crippen molar-refractivity contribution in [3.05, 3.63) is 90.3 Å². The van der Waals surface area contributed by atoms with E-state index in [-0.39, 0.29) is 11.4 Å². The Morgan fingerprint density at radius 2 is 1.97 bits per heavy atom. The topological polar surface area (TPSA) is 65.5 Å². The number of hydrogen-bond donors (Lipinski definition) is 2. The molecule has 0 aliphatic heterocycles. The van der Waals surface area contributed by atoms with Gasteiger partial charge in [0.2, 0.25) is 0 Å². The molecule has 0 amide bonds. The fraction of sp³-hybridized carbons (Fsp3) is 0.375. The van der Waals surface area contributed by atoms with Gasteiger partial charge in [0.15, 0.2) is 0 Å². The number of aromatic nitrogens is 5. The molecule has 3 heterocycles. The number of aromatic amines is 2. The molecule has 1 atom stereocenters. The van der Waals surface area contributed by atoms with Crippen LogP contribution in [0, 0.1) is 5.82 Å². The van der Waals surface area contributed by atoms with Gasteiger partial charge in [-0.2, -0.15) is 0 Å². The van der Waals surface area contributed by atoms with Gasteiger partial charge in [-0.15, -0.1) is 5.10 Å². The smallest absolute Gasteiger partial charge is 0.123 e. The standard InChI is InChI=1S/C24H32FN5.C8H7N/c1-4-5-11-24(29(2)3)12-8-18(9-13-24)23-20(10-15-30-16-14-26-28-30)21-17-19(25)6-7-22(21)27-23;1-2-4-8-7(3-1)5-6-9-8/h6-8,14,16-17,27H,4-5,9-13,15H2,1-3H3;1-6,9H. The van der Waals surface area contributed by atoms with E-state index in [2.05, 4.69) is 70.5 Å². The molecule has 1 unspecified atom stereocenters. The zero-order valence-electron chi connectivity index (χ0n) is 23.3. The third kappa shape index (κ3) is 5.98. The van der Waals surface area contributed by atoms with E-state index >= 15 is 0 Å². The van der Waals surface area contributed by atoms with Crippen molar-refractivity contribution < 1.29 is 4.39 Å². The zero-order chi connectivity index (χ0) is 27.2. The Hall–Kier alpha value is -3.71. The van der Waals surface area contributed by atoms with Crippen molar-refractivity contribution in [3.63, 3.8) is 0 Å². The molecule has 6 rings (SSSR count). The summed E-state index contributed by atoms with van der Waals surface area (Å²) < 4.78 is 15.9. The van der Waals surface area contributed by atoms with Gasteiger partial charge in [0.05, 0.1) is 6.20 Å². The minimum atomic E-state index is -0.195. The van der Waals surface area contributed by atoms with E-state index < -0.39 is 0 Å². The number of allylic oxidation sites excluding steroid dienone is 1. The molecule has 39 heavy (non-hydrogen) atoms. The molecular formula is C32H39FN6. The maximum atomic E-state index is 14.0. The predicted octanol–water partition coefficient (Wildman–Crippen LogP) is 7.37. The number of hydrogen-bond acceptors (Lipinski definition) is 3. The second-order valence-electron chi connectivity index (χ2n) is 10.8. The number of halogens is 1. The maximum absolute atomic E-state index is 14.0. The highest BCUT2D eigenvalue weighted by Crippen LogP contribution is 2.40. The summed E-state index contributed by atoms with van der Waals surface area (Å²) >= 11 is 0. The molecule has 1 aliphatic rings. The Morgan fingerprint density at radius 1 is 1.10 bits per heavy atom. The monoisotopic (exact) mass is 526 g/mol. The zero-order valence-corrected chi connectivity index (χ0v) is 23.3. The van der Waals surface area contributed by atoms with Gasteiger partial charge >= 0.3 is 0 Å². The Kier molecular flexibility index (Phi) is 8.27. The van der Waals surface area contributed by atoms with Crippen LogP contribution in [0.3, 0.4) is 0 Å². The van der Waals surface area contributed by atoms with E-state index in [0.29, 0.717) is 0 Å².